The van der Waals surface area contributed by atoms with Crippen molar-refractivity contribution in [3.8, 4) is 5.75 Å². The summed E-state index contributed by atoms with van der Waals surface area (Å²) in [4.78, 5) is 10.8. The third-order valence-electron chi connectivity index (χ3n) is 4.45. The number of halogens is 2. The van der Waals surface area contributed by atoms with Crippen molar-refractivity contribution in [3.05, 3.63) is 95.6 Å². The van der Waals surface area contributed by atoms with Crippen LogP contribution in [-0.4, -0.2) is 16.5 Å². The summed E-state index contributed by atoms with van der Waals surface area (Å²) in [6, 6.07) is 18.3. The average molecular weight is 413 g/mol. The number of aromatic hydroxyl groups is 1. The van der Waals surface area contributed by atoms with Gasteiger partial charge in [0.15, 0.2) is 0 Å². The molecule has 0 radical (unpaired) electrons. The molecule has 3 aromatic rings. The Morgan fingerprint density at radius 2 is 1.37 bits per heavy atom. The Morgan fingerprint density at radius 1 is 0.867 bits per heavy atom. The normalized spacial score (nSPS) is 12.3. The van der Waals surface area contributed by atoms with E-state index < -0.39 is 6.10 Å². The molecule has 30 heavy (non-hydrogen) atoms. The standard InChI is InChI=1S/C15H14FNO2.C9H11FO/c16-12-3-5-13(6-4-12)17-15(9-10-18)11-1-7-14(19)8-2-11;1-2-9(11)7-3-5-8(10)6-4-7/h1-8,10,15,17,19H,9H2;3-6,9,11H,2H2,1H3. The molecule has 2 atom stereocenters. The summed E-state index contributed by atoms with van der Waals surface area (Å²) in [7, 11) is 0. The van der Waals surface area contributed by atoms with Crippen molar-refractivity contribution in [1.82, 2.24) is 0 Å². The fraction of sp³-hybridized carbons (Fsp3) is 0.208. The Kier molecular flexibility index (Phi) is 8.97. The first-order chi connectivity index (χ1) is 14.4. The number of benzene rings is 3. The summed E-state index contributed by atoms with van der Waals surface area (Å²) in [5, 5.41) is 21.7. The summed E-state index contributed by atoms with van der Waals surface area (Å²) in [5.41, 5.74) is 2.39. The molecule has 0 saturated heterocycles. The fourth-order valence-electron chi connectivity index (χ4n) is 2.75. The first kappa shape index (κ1) is 23.0. The van der Waals surface area contributed by atoms with Crippen LogP contribution in [0.1, 0.15) is 43.0 Å². The molecule has 0 bridgehead atoms. The number of hydrogen-bond donors (Lipinski definition) is 3. The van der Waals surface area contributed by atoms with Crippen LogP contribution in [-0.2, 0) is 4.79 Å². The van der Waals surface area contributed by atoms with Gasteiger partial charge in [-0.2, -0.15) is 0 Å². The van der Waals surface area contributed by atoms with Gasteiger partial charge in [-0.25, -0.2) is 8.78 Å². The third-order valence-corrected chi connectivity index (χ3v) is 4.45. The highest BCUT2D eigenvalue weighted by atomic mass is 19.1. The molecule has 4 nitrogen and oxygen atoms in total. The van der Waals surface area contributed by atoms with Crippen LogP contribution in [0, 0.1) is 11.6 Å². The molecule has 3 aromatic carbocycles. The second-order valence-corrected chi connectivity index (χ2v) is 6.67. The van der Waals surface area contributed by atoms with Gasteiger partial charge in [-0.05, 0) is 66.1 Å². The number of aliphatic hydroxyl groups excluding tert-OH is 1. The number of phenolic OH excluding ortho intramolecular Hbond substituents is 1. The summed E-state index contributed by atoms with van der Waals surface area (Å²) >= 11 is 0. The van der Waals surface area contributed by atoms with Crippen LogP contribution in [0.4, 0.5) is 14.5 Å². The zero-order valence-corrected chi connectivity index (χ0v) is 16.6. The molecule has 3 rings (SSSR count). The van der Waals surface area contributed by atoms with Gasteiger partial charge >= 0.3 is 0 Å². The molecule has 2 unspecified atom stereocenters. The Balaban J connectivity index is 0.000000248. The van der Waals surface area contributed by atoms with Crippen molar-refractivity contribution < 1.29 is 23.8 Å². The summed E-state index contributed by atoms with van der Waals surface area (Å²) in [6.07, 6.45) is 1.32. The van der Waals surface area contributed by atoms with Gasteiger partial charge in [-0.1, -0.05) is 31.2 Å². The van der Waals surface area contributed by atoms with E-state index in [2.05, 4.69) is 5.32 Å². The van der Waals surface area contributed by atoms with E-state index in [4.69, 9.17) is 0 Å². The molecule has 0 amide bonds. The van der Waals surface area contributed by atoms with Gasteiger partial charge in [0.1, 0.15) is 23.7 Å². The SMILES string of the molecule is CCC(O)c1ccc(F)cc1.O=CCC(Nc1ccc(F)cc1)c1ccc(O)cc1. The monoisotopic (exact) mass is 413 g/mol. The van der Waals surface area contributed by atoms with E-state index in [0.717, 1.165) is 23.1 Å². The van der Waals surface area contributed by atoms with Crippen LogP contribution >= 0.6 is 0 Å². The topological polar surface area (TPSA) is 69.6 Å². The molecule has 0 spiro atoms. The Bertz CT molecular complexity index is 897. The highest BCUT2D eigenvalue weighted by Crippen LogP contribution is 2.24. The van der Waals surface area contributed by atoms with E-state index in [-0.39, 0.29) is 23.4 Å². The summed E-state index contributed by atoms with van der Waals surface area (Å²) in [5.74, 6) is -0.394. The van der Waals surface area contributed by atoms with Crippen molar-refractivity contribution in [2.45, 2.75) is 31.9 Å². The van der Waals surface area contributed by atoms with E-state index in [9.17, 15) is 23.8 Å². The van der Waals surface area contributed by atoms with E-state index in [1.807, 2.05) is 6.92 Å². The van der Waals surface area contributed by atoms with E-state index in [0.29, 0.717) is 12.8 Å². The number of aldehydes is 1. The summed E-state index contributed by atoms with van der Waals surface area (Å²) in [6.45, 7) is 1.88. The molecular formula is C24H25F2NO3. The van der Waals surface area contributed by atoms with E-state index >= 15 is 0 Å². The number of hydrogen-bond acceptors (Lipinski definition) is 4. The number of anilines is 1. The van der Waals surface area contributed by atoms with Gasteiger partial charge in [0.2, 0.25) is 0 Å². The van der Waals surface area contributed by atoms with Gasteiger partial charge in [0.25, 0.3) is 0 Å². The molecule has 0 saturated carbocycles. The maximum absolute atomic E-state index is 12.8. The molecule has 0 aromatic heterocycles. The second kappa shape index (κ2) is 11.7. The van der Waals surface area contributed by atoms with Crippen molar-refractivity contribution in [2.75, 3.05) is 5.32 Å². The van der Waals surface area contributed by atoms with Crippen molar-refractivity contribution in [2.24, 2.45) is 0 Å². The lowest BCUT2D eigenvalue weighted by Crippen LogP contribution is -2.11. The van der Waals surface area contributed by atoms with Crippen LogP contribution in [0.25, 0.3) is 0 Å². The number of aliphatic hydroxyl groups is 1. The van der Waals surface area contributed by atoms with Crippen LogP contribution in [0.15, 0.2) is 72.8 Å². The number of carbonyl (C=O) groups excluding carboxylic acids is 1. The molecule has 0 aliphatic heterocycles. The van der Waals surface area contributed by atoms with Crippen molar-refractivity contribution in [3.63, 3.8) is 0 Å². The van der Waals surface area contributed by atoms with Gasteiger partial charge < -0.3 is 20.3 Å². The Labute approximate surface area is 174 Å². The fourth-order valence-corrected chi connectivity index (χ4v) is 2.75. The lowest BCUT2D eigenvalue weighted by atomic mass is 10.0. The molecule has 6 heteroatoms. The minimum atomic E-state index is -0.462. The molecule has 0 heterocycles. The first-order valence-corrected chi connectivity index (χ1v) is 9.61. The van der Waals surface area contributed by atoms with Crippen LogP contribution in [0.2, 0.25) is 0 Å². The lowest BCUT2D eigenvalue weighted by Gasteiger charge is -2.18. The highest BCUT2D eigenvalue weighted by Gasteiger charge is 2.11. The maximum atomic E-state index is 12.8. The largest absolute Gasteiger partial charge is 0.508 e. The zero-order valence-electron chi connectivity index (χ0n) is 16.6. The minimum absolute atomic E-state index is 0.176. The zero-order chi connectivity index (χ0) is 21.9. The van der Waals surface area contributed by atoms with Gasteiger partial charge in [0, 0.05) is 12.1 Å². The van der Waals surface area contributed by atoms with Gasteiger partial charge in [-0.15, -0.1) is 0 Å². The minimum Gasteiger partial charge on any atom is -0.508 e. The van der Waals surface area contributed by atoms with Crippen LogP contribution in [0.3, 0.4) is 0 Å². The Hall–Kier alpha value is -3.25. The van der Waals surface area contributed by atoms with E-state index in [1.165, 1.54) is 24.3 Å². The second-order valence-electron chi connectivity index (χ2n) is 6.67. The molecule has 0 aliphatic rings. The molecule has 0 fully saturated rings. The molecular weight excluding hydrogens is 388 g/mol. The highest BCUT2D eigenvalue weighted by molar-refractivity contribution is 5.55. The molecule has 0 aliphatic carbocycles. The quantitative estimate of drug-likeness (QED) is 0.445. The predicted octanol–water partition coefficient (Wildman–Crippen LogP) is 5.54. The maximum Gasteiger partial charge on any atom is 0.123 e. The first-order valence-electron chi connectivity index (χ1n) is 9.61. The number of rotatable bonds is 7. The Morgan fingerprint density at radius 3 is 1.87 bits per heavy atom. The van der Waals surface area contributed by atoms with Gasteiger partial charge in [-0.3, -0.25) is 0 Å². The lowest BCUT2D eigenvalue weighted by molar-refractivity contribution is -0.108. The predicted molar refractivity (Wildman–Crippen MR) is 113 cm³/mol. The van der Waals surface area contributed by atoms with Crippen LogP contribution < -0.4 is 5.32 Å². The number of phenols is 1. The molecule has 158 valence electrons. The van der Waals surface area contributed by atoms with E-state index in [1.54, 1.807) is 48.5 Å². The third kappa shape index (κ3) is 7.29. The van der Waals surface area contributed by atoms with Crippen molar-refractivity contribution >= 4 is 12.0 Å². The summed E-state index contributed by atoms with van der Waals surface area (Å²) < 4.78 is 25.2. The number of nitrogens with one attached hydrogen (secondary N) is 1. The smallest absolute Gasteiger partial charge is 0.123 e. The van der Waals surface area contributed by atoms with Crippen molar-refractivity contribution in [1.29, 1.82) is 0 Å². The number of carbonyl (C=O) groups is 1. The average Bonchev–Trinajstić information content (AvgIpc) is 2.76. The van der Waals surface area contributed by atoms with Crippen LogP contribution in [0.5, 0.6) is 5.75 Å². The molecule has 3 N–H and O–H groups in total. The van der Waals surface area contributed by atoms with Gasteiger partial charge in [0.05, 0.1) is 12.1 Å².